The first-order valence-electron chi connectivity index (χ1n) is 8.94. The molecule has 5 rings (SSSR count). The second kappa shape index (κ2) is 6.06. The third-order valence-electron chi connectivity index (χ3n) is 5.51. The van der Waals surface area contributed by atoms with Crippen LogP contribution in [-0.2, 0) is 4.79 Å². The zero-order valence-electron chi connectivity index (χ0n) is 14.4. The minimum atomic E-state index is -0.312. The first-order chi connectivity index (χ1) is 13.3. The number of carbonyl (C=O) groups excluding carboxylic acids is 1. The maximum atomic E-state index is 11.7. The molecule has 0 spiro atoms. The molecule has 1 atom stereocenters. The number of fused-ring (bicyclic) bond motifs is 2. The summed E-state index contributed by atoms with van der Waals surface area (Å²) in [5, 5.41) is 28.6. The standard InChI is InChI=1S/C19H16N6O2/c20-8-13-16(12-2-1-3-15-18(12)25-27-24-15)14-9-21-23-19(14)22-17(13)10-4-6-11(26)7-5-10/h1-3,9-10,16H,4-7H2,(H2,21,22,23). The zero-order valence-corrected chi connectivity index (χ0v) is 14.4. The molecule has 134 valence electrons. The molecule has 1 aliphatic heterocycles. The number of ketones is 1. The first-order valence-corrected chi connectivity index (χ1v) is 8.94. The van der Waals surface area contributed by atoms with Crippen LogP contribution in [0.25, 0.3) is 11.0 Å². The molecule has 3 heterocycles. The van der Waals surface area contributed by atoms with Crippen molar-refractivity contribution < 1.29 is 9.42 Å². The number of hydrogen-bond acceptors (Lipinski definition) is 7. The summed E-state index contributed by atoms with van der Waals surface area (Å²) in [5.74, 6) is 0.823. The largest absolute Gasteiger partial charge is 0.341 e. The van der Waals surface area contributed by atoms with Crippen molar-refractivity contribution in [1.82, 2.24) is 20.5 Å². The summed E-state index contributed by atoms with van der Waals surface area (Å²) >= 11 is 0. The normalized spacial score (nSPS) is 20.4. The lowest BCUT2D eigenvalue weighted by Crippen LogP contribution is -2.26. The van der Waals surface area contributed by atoms with E-state index >= 15 is 0 Å². The van der Waals surface area contributed by atoms with Crippen LogP contribution in [0.15, 0.2) is 40.3 Å². The van der Waals surface area contributed by atoms with Gasteiger partial charge in [0.25, 0.3) is 0 Å². The van der Waals surface area contributed by atoms with E-state index in [4.69, 9.17) is 4.63 Å². The van der Waals surface area contributed by atoms with Gasteiger partial charge < -0.3 is 5.32 Å². The molecular weight excluding hydrogens is 344 g/mol. The third kappa shape index (κ3) is 2.43. The van der Waals surface area contributed by atoms with E-state index in [9.17, 15) is 10.1 Å². The molecule has 1 aliphatic carbocycles. The fourth-order valence-electron chi connectivity index (χ4n) is 4.18. The summed E-state index contributed by atoms with van der Waals surface area (Å²) < 4.78 is 4.91. The number of hydrogen-bond donors (Lipinski definition) is 2. The highest BCUT2D eigenvalue weighted by molar-refractivity contribution is 5.81. The van der Waals surface area contributed by atoms with Crippen LogP contribution < -0.4 is 5.32 Å². The predicted molar refractivity (Wildman–Crippen MR) is 95.5 cm³/mol. The molecule has 2 aliphatic rings. The molecular formula is C19H16N6O2. The molecule has 2 N–H and O–H groups in total. The van der Waals surface area contributed by atoms with Crippen molar-refractivity contribution in [2.24, 2.45) is 5.92 Å². The van der Waals surface area contributed by atoms with Crippen molar-refractivity contribution in [1.29, 1.82) is 5.26 Å². The highest BCUT2D eigenvalue weighted by Gasteiger charge is 2.36. The summed E-state index contributed by atoms with van der Waals surface area (Å²) in [6, 6.07) is 8.07. The van der Waals surface area contributed by atoms with Gasteiger partial charge in [0.15, 0.2) is 5.82 Å². The van der Waals surface area contributed by atoms with Gasteiger partial charge in [-0.1, -0.05) is 12.1 Å². The Labute approximate surface area is 154 Å². The maximum absolute atomic E-state index is 11.7. The number of allylic oxidation sites excluding steroid dienone is 2. The van der Waals surface area contributed by atoms with Gasteiger partial charge in [-0.2, -0.15) is 10.4 Å². The van der Waals surface area contributed by atoms with E-state index in [1.807, 2.05) is 18.2 Å². The van der Waals surface area contributed by atoms with Crippen molar-refractivity contribution in [2.75, 3.05) is 5.32 Å². The predicted octanol–water partition coefficient (Wildman–Crippen LogP) is 3.04. The number of nitriles is 1. The molecule has 27 heavy (non-hydrogen) atoms. The number of aromatic amines is 1. The number of nitrogens with zero attached hydrogens (tertiary/aromatic N) is 4. The Hall–Kier alpha value is -3.47. The number of aromatic nitrogens is 4. The maximum Gasteiger partial charge on any atom is 0.156 e. The third-order valence-corrected chi connectivity index (χ3v) is 5.51. The molecule has 8 heteroatoms. The summed E-state index contributed by atoms with van der Waals surface area (Å²) in [7, 11) is 0. The van der Waals surface area contributed by atoms with Gasteiger partial charge in [0.05, 0.1) is 17.6 Å². The van der Waals surface area contributed by atoms with Crippen molar-refractivity contribution in [3.63, 3.8) is 0 Å². The van der Waals surface area contributed by atoms with Gasteiger partial charge in [0.1, 0.15) is 16.8 Å². The number of rotatable bonds is 2. The van der Waals surface area contributed by atoms with Gasteiger partial charge in [0, 0.05) is 36.2 Å². The number of benzene rings is 1. The highest BCUT2D eigenvalue weighted by atomic mass is 16.6. The Balaban J connectivity index is 1.69. The molecule has 2 aromatic heterocycles. The minimum absolute atomic E-state index is 0.138. The Kier molecular flexibility index (Phi) is 3.53. The van der Waals surface area contributed by atoms with Crippen LogP contribution in [0.5, 0.6) is 0 Å². The number of anilines is 1. The molecule has 1 saturated carbocycles. The average Bonchev–Trinajstić information content (AvgIpc) is 3.36. The van der Waals surface area contributed by atoms with Crippen LogP contribution in [-0.4, -0.2) is 26.3 Å². The van der Waals surface area contributed by atoms with Gasteiger partial charge in [-0.15, -0.1) is 0 Å². The summed E-state index contributed by atoms with van der Waals surface area (Å²) in [6.45, 7) is 0. The Morgan fingerprint density at radius 2 is 2.04 bits per heavy atom. The zero-order chi connectivity index (χ0) is 18.4. The number of carbonyl (C=O) groups is 1. The van der Waals surface area contributed by atoms with Crippen LogP contribution >= 0.6 is 0 Å². The van der Waals surface area contributed by atoms with E-state index in [2.05, 4.69) is 31.9 Å². The van der Waals surface area contributed by atoms with Crippen molar-refractivity contribution in [3.05, 3.63) is 46.8 Å². The molecule has 0 bridgehead atoms. The first kappa shape index (κ1) is 15.8. The molecule has 3 aromatic rings. The topological polar surface area (TPSA) is 120 Å². The summed E-state index contributed by atoms with van der Waals surface area (Å²) in [5.41, 5.74) is 4.54. The lowest BCUT2D eigenvalue weighted by Gasteiger charge is -2.31. The number of H-pyrrole nitrogens is 1. The van der Waals surface area contributed by atoms with Crippen molar-refractivity contribution in [2.45, 2.75) is 31.6 Å². The van der Waals surface area contributed by atoms with Crippen molar-refractivity contribution in [3.8, 4) is 6.07 Å². The molecule has 0 amide bonds. The van der Waals surface area contributed by atoms with E-state index in [1.54, 1.807) is 6.20 Å². The van der Waals surface area contributed by atoms with Gasteiger partial charge in [-0.25, -0.2) is 4.63 Å². The van der Waals surface area contributed by atoms with E-state index in [0.717, 1.165) is 29.7 Å². The van der Waals surface area contributed by atoms with Crippen LogP contribution in [0.1, 0.15) is 42.7 Å². The fraction of sp³-hybridized carbons (Fsp3) is 0.316. The van der Waals surface area contributed by atoms with Crippen LogP contribution in [0.2, 0.25) is 0 Å². The molecule has 0 saturated heterocycles. The average molecular weight is 360 g/mol. The van der Waals surface area contributed by atoms with Gasteiger partial charge in [0.2, 0.25) is 0 Å². The van der Waals surface area contributed by atoms with Crippen LogP contribution in [0.3, 0.4) is 0 Å². The van der Waals surface area contributed by atoms with Crippen LogP contribution in [0, 0.1) is 17.2 Å². The second-order valence-electron chi connectivity index (χ2n) is 6.98. The second-order valence-corrected chi connectivity index (χ2v) is 6.98. The Bertz CT molecular complexity index is 1110. The van der Waals surface area contributed by atoms with E-state index in [0.29, 0.717) is 35.3 Å². The van der Waals surface area contributed by atoms with E-state index in [1.165, 1.54) is 0 Å². The van der Waals surface area contributed by atoms with E-state index < -0.39 is 0 Å². The van der Waals surface area contributed by atoms with Gasteiger partial charge in [-0.05, 0) is 34.8 Å². The summed E-state index contributed by atoms with van der Waals surface area (Å²) in [4.78, 5) is 11.7. The lowest BCUT2D eigenvalue weighted by molar-refractivity contribution is -0.120. The SMILES string of the molecule is N#CC1=C(C2CCC(=O)CC2)Nc2n[nH]cc2C1c1cccc2nonc12. The van der Waals surface area contributed by atoms with E-state index in [-0.39, 0.29) is 17.6 Å². The van der Waals surface area contributed by atoms with Crippen molar-refractivity contribution >= 4 is 22.6 Å². The molecule has 1 unspecified atom stereocenters. The molecule has 1 aromatic carbocycles. The minimum Gasteiger partial charge on any atom is -0.341 e. The molecule has 8 nitrogen and oxygen atoms in total. The monoisotopic (exact) mass is 360 g/mol. The Morgan fingerprint density at radius 3 is 2.85 bits per heavy atom. The van der Waals surface area contributed by atoms with Crippen LogP contribution in [0.4, 0.5) is 5.82 Å². The number of Topliss-reactive ketones (excluding diaryl/α,β-unsaturated/α-hetero) is 1. The fourth-order valence-corrected chi connectivity index (χ4v) is 4.18. The molecule has 1 fully saturated rings. The molecule has 0 radical (unpaired) electrons. The van der Waals surface area contributed by atoms with Gasteiger partial charge in [-0.3, -0.25) is 9.89 Å². The highest BCUT2D eigenvalue weighted by Crippen LogP contribution is 2.45. The smallest absolute Gasteiger partial charge is 0.156 e. The number of nitrogens with one attached hydrogen (secondary N) is 2. The summed E-state index contributed by atoms with van der Waals surface area (Å²) in [6.07, 6.45) is 4.39. The van der Waals surface area contributed by atoms with Gasteiger partial charge >= 0.3 is 0 Å². The Morgan fingerprint density at radius 1 is 1.19 bits per heavy atom. The quantitative estimate of drug-likeness (QED) is 0.720. The lowest BCUT2D eigenvalue weighted by atomic mass is 9.77.